The molecule has 1 aromatic rings. The molecule has 0 aromatic heterocycles. The Bertz CT molecular complexity index is 522. The molecule has 4 heteroatoms. The minimum atomic E-state index is -0.324. The average Bonchev–Trinajstić information content (AvgIpc) is 2.43. The summed E-state index contributed by atoms with van der Waals surface area (Å²) in [6, 6.07) is 6.87. The molecule has 1 N–H and O–H groups in total. The lowest BCUT2D eigenvalue weighted by Gasteiger charge is -2.52. The van der Waals surface area contributed by atoms with Gasteiger partial charge in [-0.15, -0.1) is 0 Å². The molecule has 1 saturated carbocycles. The molecule has 2 rings (SSSR count). The van der Waals surface area contributed by atoms with E-state index in [2.05, 4.69) is 19.2 Å². The first kappa shape index (κ1) is 15.0. The van der Waals surface area contributed by atoms with E-state index in [1.807, 2.05) is 13.0 Å². The zero-order valence-electron chi connectivity index (χ0n) is 12.2. The van der Waals surface area contributed by atoms with Gasteiger partial charge in [0, 0.05) is 30.2 Å². The van der Waals surface area contributed by atoms with Crippen LogP contribution in [0.5, 0.6) is 0 Å². The number of hydrogen-bond acceptors (Lipinski definition) is 3. The number of nitriles is 1. The number of rotatable bonds is 5. The van der Waals surface area contributed by atoms with E-state index in [-0.39, 0.29) is 17.3 Å². The van der Waals surface area contributed by atoms with Crippen molar-refractivity contribution in [1.82, 2.24) is 5.32 Å². The van der Waals surface area contributed by atoms with Gasteiger partial charge in [-0.2, -0.15) is 5.26 Å². The van der Waals surface area contributed by atoms with E-state index < -0.39 is 0 Å². The molecule has 0 amide bonds. The Labute approximate surface area is 119 Å². The first-order valence-electron chi connectivity index (χ1n) is 7.02. The average molecular weight is 276 g/mol. The van der Waals surface area contributed by atoms with Crippen molar-refractivity contribution in [2.45, 2.75) is 45.9 Å². The van der Waals surface area contributed by atoms with Crippen molar-refractivity contribution >= 4 is 0 Å². The van der Waals surface area contributed by atoms with Crippen molar-refractivity contribution in [1.29, 1.82) is 5.26 Å². The third-order valence-corrected chi connectivity index (χ3v) is 4.27. The maximum atomic E-state index is 13.8. The molecule has 0 radical (unpaired) electrons. The molecule has 2 unspecified atom stereocenters. The van der Waals surface area contributed by atoms with Crippen molar-refractivity contribution in [3.8, 4) is 6.07 Å². The van der Waals surface area contributed by atoms with Crippen molar-refractivity contribution in [3.05, 3.63) is 35.1 Å². The Morgan fingerprint density at radius 3 is 2.80 bits per heavy atom. The maximum absolute atomic E-state index is 13.8. The lowest BCUT2D eigenvalue weighted by atomic mass is 9.64. The molecule has 3 nitrogen and oxygen atoms in total. The SMILES string of the molecule is CCOC1CC(NCc2ccc(C#N)cc2F)C1(C)C. The van der Waals surface area contributed by atoms with Crippen LogP contribution in [0.2, 0.25) is 0 Å². The second-order valence-electron chi connectivity index (χ2n) is 5.85. The fraction of sp³-hybridized carbons (Fsp3) is 0.562. The summed E-state index contributed by atoms with van der Waals surface area (Å²) in [5.74, 6) is -0.324. The molecule has 1 fully saturated rings. The topological polar surface area (TPSA) is 45.0 Å². The highest BCUT2D eigenvalue weighted by atomic mass is 19.1. The predicted molar refractivity (Wildman–Crippen MR) is 75.6 cm³/mol. The van der Waals surface area contributed by atoms with E-state index in [1.54, 1.807) is 12.1 Å². The highest BCUT2D eigenvalue weighted by Gasteiger charge is 2.48. The van der Waals surface area contributed by atoms with E-state index in [0.717, 1.165) is 13.0 Å². The smallest absolute Gasteiger partial charge is 0.129 e. The van der Waals surface area contributed by atoms with Crippen LogP contribution in [0.25, 0.3) is 0 Å². The molecular weight excluding hydrogens is 255 g/mol. The van der Waals surface area contributed by atoms with Crippen LogP contribution >= 0.6 is 0 Å². The first-order chi connectivity index (χ1) is 9.48. The van der Waals surface area contributed by atoms with Gasteiger partial charge in [-0.25, -0.2) is 4.39 Å². The molecule has 0 spiro atoms. The largest absolute Gasteiger partial charge is 0.378 e. The molecule has 20 heavy (non-hydrogen) atoms. The molecule has 108 valence electrons. The monoisotopic (exact) mass is 276 g/mol. The summed E-state index contributed by atoms with van der Waals surface area (Å²) in [5.41, 5.74) is 1.02. The Kier molecular flexibility index (Phi) is 4.42. The van der Waals surface area contributed by atoms with Gasteiger partial charge in [-0.05, 0) is 25.5 Å². The van der Waals surface area contributed by atoms with Gasteiger partial charge in [-0.3, -0.25) is 0 Å². The van der Waals surface area contributed by atoms with Gasteiger partial charge in [0.15, 0.2) is 0 Å². The van der Waals surface area contributed by atoms with E-state index in [4.69, 9.17) is 10.00 Å². The second kappa shape index (κ2) is 5.90. The van der Waals surface area contributed by atoms with Gasteiger partial charge < -0.3 is 10.1 Å². The summed E-state index contributed by atoms with van der Waals surface area (Å²) >= 11 is 0. The summed E-state index contributed by atoms with van der Waals surface area (Å²) in [4.78, 5) is 0. The zero-order chi connectivity index (χ0) is 14.8. The molecule has 1 aromatic carbocycles. The molecule has 0 saturated heterocycles. The Morgan fingerprint density at radius 2 is 2.25 bits per heavy atom. The van der Waals surface area contributed by atoms with Gasteiger partial charge in [-0.1, -0.05) is 19.9 Å². The lowest BCUT2D eigenvalue weighted by molar-refractivity contribution is -0.114. The van der Waals surface area contributed by atoms with E-state index in [1.165, 1.54) is 6.07 Å². The zero-order valence-corrected chi connectivity index (χ0v) is 12.2. The third kappa shape index (κ3) is 2.84. The van der Waals surface area contributed by atoms with Gasteiger partial charge in [0.2, 0.25) is 0 Å². The molecular formula is C16H21FN2O. The van der Waals surface area contributed by atoms with Crippen LogP contribution in [-0.2, 0) is 11.3 Å². The summed E-state index contributed by atoms with van der Waals surface area (Å²) in [5, 5.41) is 12.1. The van der Waals surface area contributed by atoms with E-state index in [9.17, 15) is 4.39 Å². The molecule has 1 aliphatic rings. The number of nitrogens with zero attached hydrogens (tertiary/aromatic N) is 1. The molecule has 1 aliphatic carbocycles. The minimum Gasteiger partial charge on any atom is -0.378 e. The molecule has 0 aliphatic heterocycles. The van der Waals surface area contributed by atoms with Gasteiger partial charge >= 0.3 is 0 Å². The number of halogens is 1. The molecule has 2 atom stereocenters. The number of hydrogen-bond donors (Lipinski definition) is 1. The van der Waals surface area contributed by atoms with E-state index in [0.29, 0.717) is 23.7 Å². The lowest BCUT2D eigenvalue weighted by Crippen LogP contribution is -2.60. The van der Waals surface area contributed by atoms with Crippen molar-refractivity contribution in [2.75, 3.05) is 6.61 Å². The van der Waals surface area contributed by atoms with Crippen LogP contribution in [0.4, 0.5) is 4.39 Å². The van der Waals surface area contributed by atoms with Crippen LogP contribution in [-0.4, -0.2) is 18.8 Å². The highest BCUT2D eigenvalue weighted by molar-refractivity contribution is 5.32. The Hall–Kier alpha value is -1.44. The first-order valence-corrected chi connectivity index (χ1v) is 7.02. The summed E-state index contributed by atoms with van der Waals surface area (Å²) in [7, 11) is 0. The van der Waals surface area contributed by atoms with Gasteiger partial charge in [0.1, 0.15) is 5.82 Å². The Balaban J connectivity index is 1.93. The number of ether oxygens (including phenoxy) is 1. The fourth-order valence-corrected chi connectivity index (χ4v) is 2.71. The quantitative estimate of drug-likeness (QED) is 0.899. The summed E-state index contributed by atoms with van der Waals surface area (Å²) in [6.07, 6.45) is 1.23. The number of benzene rings is 1. The van der Waals surface area contributed by atoms with Crippen molar-refractivity contribution in [3.63, 3.8) is 0 Å². The fourth-order valence-electron chi connectivity index (χ4n) is 2.71. The highest BCUT2D eigenvalue weighted by Crippen LogP contribution is 2.42. The van der Waals surface area contributed by atoms with E-state index >= 15 is 0 Å². The van der Waals surface area contributed by atoms with Crippen LogP contribution in [0.3, 0.4) is 0 Å². The standard InChI is InChI=1S/C16H21FN2O/c1-4-20-15-8-14(16(15,2)3)19-10-12-6-5-11(9-18)7-13(12)17/h5-7,14-15,19H,4,8,10H2,1-3H3. The van der Waals surface area contributed by atoms with Gasteiger partial charge in [0.25, 0.3) is 0 Å². The van der Waals surface area contributed by atoms with Crippen molar-refractivity contribution in [2.24, 2.45) is 5.41 Å². The van der Waals surface area contributed by atoms with Crippen molar-refractivity contribution < 1.29 is 9.13 Å². The summed E-state index contributed by atoms with van der Waals surface area (Å²) in [6.45, 7) is 7.55. The van der Waals surface area contributed by atoms with Crippen LogP contribution in [0.15, 0.2) is 18.2 Å². The maximum Gasteiger partial charge on any atom is 0.129 e. The normalized spacial score (nSPS) is 23.9. The summed E-state index contributed by atoms with van der Waals surface area (Å²) < 4.78 is 19.5. The third-order valence-electron chi connectivity index (χ3n) is 4.27. The predicted octanol–water partition coefficient (Wildman–Crippen LogP) is 2.99. The van der Waals surface area contributed by atoms with Crippen LogP contribution in [0.1, 0.15) is 38.3 Å². The number of nitrogens with one attached hydrogen (secondary N) is 1. The minimum absolute atomic E-state index is 0.0685. The van der Waals surface area contributed by atoms with Crippen LogP contribution < -0.4 is 5.32 Å². The molecule has 0 heterocycles. The molecule has 0 bridgehead atoms. The second-order valence-corrected chi connectivity index (χ2v) is 5.85. The van der Waals surface area contributed by atoms with Crippen LogP contribution in [0, 0.1) is 22.6 Å². The van der Waals surface area contributed by atoms with Gasteiger partial charge in [0.05, 0.1) is 17.7 Å². The Morgan fingerprint density at radius 1 is 1.50 bits per heavy atom.